The molecule has 2 aliphatic heterocycles. The molecule has 5 rings (SSSR count). The molecule has 1 atom stereocenters. The Labute approximate surface area is 198 Å². The number of benzene rings is 1. The number of hydrogen-bond donors (Lipinski definition) is 0. The lowest BCUT2D eigenvalue weighted by atomic mass is 10.0. The van der Waals surface area contributed by atoms with Gasteiger partial charge in [0.05, 0.1) is 49.4 Å². The van der Waals surface area contributed by atoms with Crippen LogP contribution in [0.3, 0.4) is 0 Å². The minimum atomic E-state index is -0.411. The van der Waals surface area contributed by atoms with Gasteiger partial charge in [-0.1, -0.05) is 12.1 Å². The van der Waals surface area contributed by atoms with Crippen LogP contribution in [-0.4, -0.2) is 73.0 Å². The zero-order valence-electron chi connectivity index (χ0n) is 19.8. The molecule has 0 N–H and O–H groups in total. The average Bonchev–Trinajstić information content (AvgIpc) is 3.58. The molecular formula is C25H30N4O5. The van der Waals surface area contributed by atoms with Crippen molar-refractivity contribution in [3.05, 3.63) is 36.0 Å². The predicted molar refractivity (Wildman–Crippen MR) is 128 cm³/mol. The molecule has 2 aliphatic rings. The maximum atomic E-state index is 13.5. The third kappa shape index (κ3) is 4.33. The van der Waals surface area contributed by atoms with Crippen molar-refractivity contribution in [1.29, 1.82) is 0 Å². The molecular weight excluding hydrogens is 436 g/mol. The van der Waals surface area contributed by atoms with Crippen molar-refractivity contribution in [2.45, 2.75) is 32.9 Å². The maximum Gasteiger partial charge on any atom is 0.342 e. The average molecular weight is 467 g/mol. The second-order valence-electron chi connectivity index (χ2n) is 8.69. The molecule has 1 unspecified atom stereocenters. The van der Waals surface area contributed by atoms with Crippen LogP contribution in [-0.2, 0) is 14.2 Å². The van der Waals surface area contributed by atoms with Gasteiger partial charge in [-0.3, -0.25) is 0 Å². The van der Waals surface area contributed by atoms with Crippen LogP contribution in [0.25, 0.3) is 22.3 Å². The van der Waals surface area contributed by atoms with Gasteiger partial charge in [-0.25, -0.2) is 14.5 Å². The number of carbonyl (C=O) groups excluding carboxylic acids is 1. The molecule has 9 nitrogen and oxygen atoms in total. The largest absolute Gasteiger partial charge is 0.490 e. The van der Waals surface area contributed by atoms with Crippen LogP contribution in [0.5, 0.6) is 5.75 Å². The molecule has 34 heavy (non-hydrogen) atoms. The smallest absolute Gasteiger partial charge is 0.342 e. The van der Waals surface area contributed by atoms with Crippen molar-refractivity contribution in [2.24, 2.45) is 0 Å². The van der Waals surface area contributed by atoms with Crippen LogP contribution in [0.2, 0.25) is 0 Å². The first kappa shape index (κ1) is 22.6. The number of morpholine rings is 1. The van der Waals surface area contributed by atoms with Gasteiger partial charge in [-0.2, -0.15) is 5.10 Å². The molecule has 0 saturated carbocycles. The number of nitrogens with zero attached hydrogens (tertiary/aromatic N) is 4. The zero-order chi connectivity index (χ0) is 23.7. The van der Waals surface area contributed by atoms with E-state index in [-0.39, 0.29) is 18.8 Å². The number of carbonyl (C=O) groups is 1. The van der Waals surface area contributed by atoms with Gasteiger partial charge in [0.1, 0.15) is 24.0 Å². The highest BCUT2D eigenvalue weighted by atomic mass is 16.6. The fraction of sp³-hybridized carbons (Fsp3) is 0.480. The molecule has 3 aromatic rings. The summed E-state index contributed by atoms with van der Waals surface area (Å²) in [5.74, 6) is 0.241. The van der Waals surface area contributed by atoms with E-state index in [1.165, 1.54) is 0 Å². The predicted octanol–water partition coefficient (Wildman–Crippen LogP) is 3.47. The molecule has 0 bridgehead atoms. The lowest BCUT2D eigenvalue weighted by Gasteiger charge is -2.31. The normalized spacial score (nSPS) is 17.9. The summed E-state index contributed by atoms with van der Waals surface area (Å²) in [5, 5.41) is 5.44. The number of rotatable bonds is 8. The van der Waals surface area contributed by atoms with Gasteiger partial charge >= 0.3 is 5.97 Å². The van der Waals surface area contributed by atoms with Gasteiger partial charge in [0, 0.05) is 24.7 Å². The van der Waals surface area contributed by atoms with E-state index >= 15 is 0 Å². The number of ether oxygens (including phenoxy) is 4. The molecule has 0 spiro atoms. The highest BCUT2D eigenvalue weighted by Crippen LogP contribution is 2.41. The first-order chi connectivity index (χ1) is 16.6. The van der Waals surface area contributed by atoms with Crippen LogP contribution in [0.15, 0.2) is 30.5 Å². The van der Waals surface area contributed by atoms with Crippen molar-refractivity contribution < 1.29 is 23.7 Å². The number of aromatic nitrogens is 3. The summed E-state index contributed by atoms with van der Waals surface area (Å²) in [7, 11) is 0. The lowest BCUT2D eigenvalue weighted by molar-refractivity contribution is 0.0527. The molecule has 4 heterocycles. The summed E-state index contributed by atoms with van der Waals surface area (Å²) < 4.78 is 24.4. The fourth-order valence-electron chi connectivity index (χ4n) is 4.26. The first-order valence-electron chi connectivity index (χ1n) is 11.8. The Hall–Kier alpha value is -3.17. The number of epoxide rings is 1. The van der Waals surface area contributed by atoms with Crippen molar-refractivity contribution in [2.75, 3.05) is 51.0 Å². The minimum absolute atomic E-state index is 0.0994. The lowest BCUT2D eigenvalue weighted by Crippen LogP contribution is -2.37. The van der Waals surface area contributed by atoms with Crippen LogP contribution >= 0.6 is 0 Å². The second-order valence-corrected chi connectivity index (χ2v) is 8.69. The van der Waals surface area contributed by atoms with Gasteiger partial charge in [0.15, 0.2) is 5.65 Å². The first-order valence-corrected chi connectivity index (χ1v) is 11.8. The molecule has 0 radical (unpaired) electrons. The summed E-state index contributed by atoms with van der Waals surface area (Å²) in [5.41, 5.74) is 3.20. The Morgan fingerprint density at radius 1 is 1.24 bits per heavy atom. The topological polar surface area (TPSA) is 91.2 Å². The Balaban J connectivity index is 1.77. The van der Waals surface area contributed by atoms with Crippen molar-refractivity contribution >= 4 is 22.7 Å². The molecule has 0 amide bonds. The molecule has 180 valence electrons. The highest BCUT2D eigenvalue weighted by molar-refractivity contribution is 6.10. The van der Waals surface area contributed by atoms with Crippen LogP contribution in [0.4, 0.5) is 5.69 Å². The summed E-state index contributed by atoms with van der Waals surface area (Å²) >= 11 is 0. The van der Waals surface area contributed by atoms with Gasteiger partial charge in [-0.05, 0) is 32.9 Å². The molecule has 0 aliphatic carbocycles. The molecule has 1 aromatic carbocycles. The van der Waals surface area contributed by atoms with Crippen LogP contribution < -0.4 is 9.64 Å². The number of esters is 1. The molecule has 2 aromatic heterocycles. The van der Waals surface area contributed by atoms with Crippen molar-refractivity contribution in [1.82, 2.24) is 14.8 Å². The summed E-state index contributed by atoms with van der Waals surface area (Å²) in [6.45, 7) is 9.85. The number of fused-ring (bicyclic) bond motifs is 1. The van der Waals surface area contributed by atoms with E-state index in [0.29, 0.717) is 56.5 Å². The Morgan fingerprint density at radius 2 is 2.00 bits per heavy atom. The van der Waals surface area contributed by atoms with Gasteiger partial charge in [0.25, 0.3) is 0 Å². The van der Waals surface area contributed by atoms with Gasteiger partial charge < -0.3 is 23.8 Å². The van der Waals surface area contributed by atoms with E-state index in [1.54, 1.807) is 13.1 Å². The van der Waals surface area contributed by atoms with E-state index in [0.717, 1.165) is 22.3 Å². The Morgan fingerprint density at radius 3 is 2.71 bits per heavy atom. The molecule has 2 fully saturated rings. The minimum Gasteiger partial charge on any atom is -0.490 e. The van der Waals surface area contributed by atoms with E-state index in [9.17, 15) is 4.79 Å². The van der Waals surface area contributed by atoms with Crippen LogP contribution in [0, 0.1) is 0 Å². The summed E-state index contributed by atoms with van der Waals surface area (Å²) in [6, 6.07) is 7.76. The number of pyridine rings is 1. The van der Waals surface area contributed by atoms with E-state index in [4.69, 9.17) is 23.9 Å². The molecule has 2 saturated heterocycles. The highest BCUT2D eigenvalue weighted by Gasteiger charge is 2.31. The van der Waals surface area contributed by atoms with E-state index in [1.807, 2.05) is 28.9 Å². The van der Waals surface area contributed by atoms with E-state index < -0.39 is 5.97 Å². The number of anilines is 1. The van der Waals surface area contributed by atoms with Gasteiger partial charge in [-0.15, -0.1) is 0 Å². The van der Waals surface area contributed by atoms with E-state index in [2.05, 4.69) is 23.8 Å². The zero-order valence-corrected chi connectivity index (χ0v) is 19.8. The summed E-state index contributed by atoms with van der Waals surface area (Å²) in [4.78, 5) is 20.7. The third-order valence-electron chi connectivity index (χ3n) is 5.98. The fourth-order valence-corrected chi connectivity index (χ4v) is 4.26. The quantitative estimate of drug-likeness (QED) is 0.368. The summed E-state index contributed by atoms with van der Waals surface area (Å²) in [6.07, 6.45) is 1.91. The monoisotopic (exact) mass is 466 g/mol. The number of hydrogen-bond acceptors (Lipinski definition) is 8. The maximum absolute atomic E-state index is 13.5. The standard InChI is InChI=1S/C25H30N4O5/c1-4-32-25(30)21-22(18-7-5-6-8-20(18)34-15-17-14-33-17)27-24-19(13-26-29(24)16(2)3)23(21)28-9-11-31-12-10-28/h5-8,13,16-17H,4,9-12,14-15H2,1-3H3. The Bertz CT molecular complexity index is 1180. The number of para-hydroxylation sites is 1. The van der Waals surface area contributed by atoms with Crippen molar-refractivity contribution in [3.63, 3.8) is 0 Å². The molecule has 9 heteroatoms. The van der Waals surface area contributed by atoms with Crippen LogP contribution in [0.1, 0.15) is 37.2 Å². The van der Waals surface area contributed by atoms with Gasteiger partial charge in [0.2, 0.25) is 0 Å². The Kier molecular flexibility index (Phi) is 6.38. The SMILES string of the molecule is CCOC(=O)c1c(-c2ccccc2OCC2CO2)nc2c(cnn2C(C)C)c1N1CCOCC1. The second kappa shape index (κ2) is 9.60. The third-order valence-corrected chi connectivity index (χ3v) is 5.98. The van der Waals surface area contributed by atoms with Crippen molar-refractivity contribution in [3.8, 4) is 17.0 Å².